The Balaban J connectivity index is 2.49. The van der Waals surface area contributed by atoms with Crippen LogP contribution in [-0.4, -0.2) is 43.9 Å². The molecule has 0 unspecified atom stereocenters. The van der Waals surface area contributed by atoms with Crippen LogP contribution >= 0.6 is 11.3 Å². The molecule has 9 heteroatoms. The lowest BCUT2D eigenvalue weighted by molar-refractivity contribution is -0.383. The van der Waals surface area contributed by atoms with Gasteiger partial charge in [-0.15, -0.1) is 0 Å². The van der Waals surface area contributed by atoms with E-state index < -0.39 is 14.8 Å². The molecule has 0 saturated carbocycles. The average Bonchev–Trinajstić information content (AvgIpc) is 2.93. The Labute approximate surface area is 114 Å². The van der Waals surface area contributed by atoms with Gasteiger partial charge in [0.05, 0.1) is 17.6 Å². The normalized spacial score (nSPS) is 19.9. The third-order valence-corrected chi connectivity index (χ3v) is 6.04. The van der Waals surface area contributed by atoms with Crippen LogP contribution in [-0.2, 0) is 9.84 Å². The number of hydrogen-bond acceptors (Lipinski definition) is 7. The first-order chi connectivity index (χ1) is 8.84. The van der Waals surface area contributed by atoms with Gasteiger partial charge in [-0.25, -0.2) is 8.42 Å². The van der Waals surface area contributed by atoms with E-state index in [0.29, 0.717) is 11.5 Å². The molecule has 1 aliphatic heterocycles. The van der Waals surface area contributed by atoms with E-state index in [1.54, 1.807) is 4.90 Å². The van der Waals surface area contributed by atoms with E-state index in [1.165, 1.54) is 0 Å². The quantitative estimate of drug-likeness (QED) is 0.658. The average molecular weight is 306 g/mol. The van der Waals surface area contributed by atoms with E-state index in [1.807, 2.05) is 0 Å². The van der Waals surface area contributed by atoms with Gasteiger partial charge in [0, 0.05) is 18.9 Å². The molecule has 2 heterocycles. The van der Waals surface area contributed by atoms with Crippen molar-refractivity contribution in [1.82, 2.24) is 0 Å². The van der Waals surface area contributed by atoms with Gasteiger partial charge in [-0.2, -0.15) is 0 Å². The van der Waals surface area contributed by atoms with Crippen LogP contribution in [0.25, 0.3) is 0 Å². The number of aliphatic hydroxyl groups is 1. The number of rotatable bonds is 4. The highest BCUT2D eigenvalue weighted by atomic mass is 32.2. The second-order valence-electron chi connectivity index (χ2n) is 4.46. The van der Waals surface area contributed by atoms with E-state index >= 15 is 0 Å². The molecule has 7 nitrogen and oxygen atoms in total. The van der Waals surface area contributed by atoms with Gasteiger partial charge in [0.15, 0.2) is 14.8 Å². The maximum Gasteiger partial charge on any atom is 0.305 e. The van der Waals surface area contributed by atoms with Crippen molar-refractivity contribution in [3.63, 3.8) is 0 Å². The molecule has 1 N–H and O–H groups in total. The smallest absolute Gasteiger partial charge is 0.305 e. The molecule has 1 fully saturated rings. The molecule has 1 aromatic rings. The molecule has 0 amide bonds. The predicted octanol–water partition coefficient (Wildman–Crippen LogP) is 1.02. The summed E-state index contributed by atoms with van der Waals surface area (Å²) in [5.41, 5.74) is -0.203. The first-order valence-corrected chi connectivity index (χ1v) is 8.41. The lowest BCUT2D eigenvalue weighted by Gasteiger charge is -2.22. The predicted molar refractivity (Wildman–Crippen MR) is 71.5 cm³/mol. The lowest BCUT2D eigenvalue weighted by atomic mass is 10.2. The van der Waals surface area contributed by atoms with Crippen LogP contribution in [0.5, 0.6) is 0 Å². The van der Waals surface area contributed by atoms with Crippen molar-refractivity contribution in [2.75, 3.05) is 24.3 Å². The number of anilines is 1. The molecule has 0 bridgehead atoms. The summed E-state index contributed by atoms with van der Waals surface area (Å²) in [4.78, 5) is 12.2. The minimum Gasteiger partial charge on any atom is -0.394 e. The maximum absolute atomic E-state index is 11.5. The molecular formula is C10H14N2O5S2. The largest absolute Gasteiger partial charge is 0.394 e. The van der Waals surface area contributed by atoms with E-state index in [2.05, 4.69) is 0 Å². The summed E-state index contributed by atoms with van der Waals surface area (Å²) in [6.07, 6.45) is 2.61. The van der Waals surface area contributed by atoms with Gasteiger partial charge in [-0.05, 0) is 12.8 Å². The SMILES string of the molecule is CS(=O)(=O)c1cc([N+](=O)[O-])c(N2CCC[C@@H]2CO)s1. The fourth-order valence-corrected chi connectivity index (χ4v) is 4.29. The van der Waals surface area contributed by atoms with Crippen molar-refractivity contribution in [1.29, 1.82) is 0 Å². The molecule has 1 aromatic heterocycles. The summed E-state index contributed by atoms with van der Waals surface area (Å²) >= 11 is 0.896. The maximum atomic E-state index is 11.5. The molecule has 0 aromatic carbocycles. The monoisotopic (exact) mass is 306 g/mol. The van der Waals surface area contributed by atoms with Gasteiger partial charge in [-0.3, -0.25) is 10.1 Å². The van der Waals surface area contributed by atoms with Gasteiger partial charge < -0.3 is 10.0 Å². The highest BCUT2D eigenvalue weighted by Crippen LogP contribution is 2.42. The van der Waals surface area contributed by atoms with Crippen molar-refractivity contribution < 1.29 is 18.4 Å². The Morgan fingerprint density at radius 2 is 2.32 bits per heavy atom. The van der Waals surface area contributed by atoms with Gasteiger partial charge in [0.1, 0.15) is 4.21 Å². The van der Waals surface area contributed by atoms with Crippen LogP contribution in [0.1, 0.15) is 12.8 Å². The number of nitrogens with zero attached hydrogens (tertiary/aromatic N) is 2. The summed E-state index contributed by atoms with van der Waals surface area (Å²) in [6, 6.07) is 0.923. The van der Waals surface area contributed by atoms with Crippen molar-refractivity contribution in [3.05, 3.63) is 16.2 Å². The lowest BCUT2D eigenvalue weighted by Crippen LogP contribution is -2.31. The molecule has 106 valence electrons. The molecule has 2 rings (SSSR count). The third kappa shape index (κ3) is 2.72. The molecule has 1 saturated heterocycles. The van der Waals surface area contributed by atoms with Crippen LogP contribution in [0.3, 0.4) is 0 Å². The Kier molecular flexibility index (Phi) is 3.79. The fourth-order valence-electron chi connectivity index (χ4n) is 2.16. The summed E-state index contributed by atoms with van der Waals surface area (Å²) in [5, 5.41) is 20.6. The summed E-state index contributed by atoms with van der Waals surface area (Å²) in [6.45, 7) is 0.499. The molecule has 0 radical (unpaired) electrons. The third-order valence-electron chi connectivity index (χ3n) is 3.08. The highest BCUT2D eigenvalue weighted by molar-refractivity contribution is 7.92. The van der Waals surface area contributed by atoms with E-state index in [4.69, 9.17) is 0 Å². The number of thiophene rings is 1. The van der Waals surface area contributed by atoms with Crippen LogP contribution in [0, 0.1) is 10.1 Å². The highest BCUT2D eigenvalue weighted by Gasteiger charge is 2.33. The van der Waals surface area contributed by atoms with Crippen molar-refractivity contribution in [3.8, 4) is 0 Å². The second-order valence-corrected chi connectivity index (χ2v) is 7.73. The summed E-state index contributed by atoms with van der Waals surface area (Å²) in [7, 11) is -3.47. The number of sulfone groups is 1. The zero-order valence-electron chi connectivity index (χ0n) is 10.3. The zero-order chi connectivity index (χ0) is 14.2. The molecular weight excluding hydrogens is 292 g/mol. The Morgan fingerprint density at radius 3 is 2.84 bits per heavy atom. The van der Waals surface area contributed by atoms with E-state index in [-0.39, 0.29) is 22.5 Å². The van der Waals surface area contributed by atoms with Gasteiger partial charge >= 0.3 is 5.69 Å². The number of nitro groups is 1. The molecule has 0 aliphatic carbocycles. The van der Waals surface area contributed by atoms with Crippen LogP contribution < -0.4 is 4.90 Å². The second kappa shape index (κ2) is 5.06. The number of hydrogen-bond donors (Lipinski definition) is 1. The summed E-state index contributed by atoms with van der Waals surface area (Å²) in [5.74, 6) is 0. The molecule has 19 heavy (non-hydrogen) atoms. The fraction of sp³-hybridized carbons (Fsp3) is 0.600. The Morgan fingerprint density at radius 1 is 1.63 bits per heavy atom. The zero-order valence-corrected chi connectivity index (χ0v) is 11.9. The first-order valence-electron chi connectivity index (χ1n) is 5.70. The Hall–Kier alpha value is -1.19. The van der Waals surface area contributed by atoms with E-state index in [0.717, 1.165) is 36.5 Å². The van der Waals surface area contributed by atoms with Crippen LogP contribution in [0.15, 0.2) is 10.3 Å². The van der Waals surface area contributed by atoms with E-state index in [9.17, 15) is 23.6 Å². The van der Waals surface area contributed by atoms with Crippen molar-refractivity contribution in [2.45, 2.75) is 23.1 Å². The van der Waals surface area contributed by atoms with Crippen LogP contribution in [0.4, 0.5) is 10.7 Å². The molecule has 1 aliphatic rings. The van der Waals surface area contributed by atoms with Gasteiger partial charge in [0.2, 0.25) is 0 Å². The van der Waals surface area contributed by atoms with Gasteiger partial charge in [0.25, 0.3) is 0 Å². The summed E-state index contributed by atoms with van der Waals surface area (Å²) < 4.78 is 23.0. The van der Waals surface area contributed by atoms with Crippen molar-refractivity contribution >= 4 is 31.9 Å². The minimum atomic E-state index is -3.47. The van der Waals surface area contributed by atoms with Crippen LogP contribution in [0.2, 0.25) is 0 Å². The Bertz CT molecular complexity index is 595. The van der Waals surface area contributed by atoms with Crippen molar-refractivity contribution in [2.24, 2.45) is 0 Å². The molecule has 0 spiro atoms. The van der Waals surface area contributed by atoms with Gasteiger partial charge in [-0.1, -0.05) is 11.3 Å². The number of aliphatic hydroxyl groups excluding tert-OH is 1. The molecule has 1 atom stereocenters. The first kappa shape index (κ1) is 14.2. The minimum absolute atomic E-state index is 0.0159. The topological polar surface area (TPSA) is 101 Å². The standard InChI is InChI=1S/C10H14N2O5S2/c1-19(16,17)9-5-8(12(14)15)10(18-9)11-4-2-3-7(11)6-13/h5,7,13H,2-4,6H2,1H3/t7-/m1/s1.